The van der Waals surface area contributed by atoms with E-state index in [2.05, 4.69) is 27.7 Å². The van der Waals surface area contributed by atoms with Gasteiger partial charge in [0.1, 0.15) is 0 Å². The van der Waals surface area contributed by atoms with Crippen LogP contribution in [0.2, 0.25) is 0 Å². The average Bonchev–Trinajstić information content (AvgIpc) is 2.37. The predicted molar refractivity (Wildman–Crippen MR) is 107 cm³/mol. The summed E-state index contributed by atoms with van der Waals surface area (Å²) in [5.74, 6) is 1.65. The van der Waals surface area contributed by atoms with Crippen LogP contribution in [-0.4, -0.2) is 46.1 Å². The van der Waals surface area contributed by atoms with Gasteiger partial charge in [0.25, 0.3) is 0 Å². The van der Waals surface area contributed by atoms with Crippen molar-refractivity contribution in [3.8, 4) is 0 Å². The number of rotatable bonds is 13. The van der Waals surface area contributed by atoms with Crippen LogP contribution < -0.4 is 0 Å². The Balaban J connectivity index is -0.00000220. The fourth-order valence-corrected chi connectivity index (χ4v) is 2.99. The molecule has 0 spiro atoms. The van der Waals surface area contributed by atoms with Crippen LogP contribution in [0.3, 0.4) is 0 Å². The van der Waals surface area contributed by atoms with Gasteiger partial charge in [-0.3, -0.25) is 0 Å². The Morgan fingerprint density at radius 2 is 1.29 bits per heavy atom. The van der Waals surface area contributed by atoms with Gasteiger partial charge in [-0.1, -0.05) is 78.2 Å². The van der Waals surface area contributed by atoms with E-state index in [-0.39, 0.29) is 35.0 Å². The molecule has 24 heavy (non-hydrogen) atoms. The van der Waals surface area contributed by atoms with Gasteiger partial charge in [0.05, 0.1) is 0 Å². The molecule has 0 aromatic carbocycles. The van der Waals surface area contributed by atoms with Crippen LogP contribution in [0, 0.1) is 17.8 Å². The molecule has 0 aliphatic rings. The zero-order valence-corrected chi connectivity index (χ0v) is 16.0. The average molecular weight is 353 g/mol. The summed E-state index contributed by atoms with van der Waals surface area (Å²) in [6.45, 7) is 11.3. The van der Waals surface area contributed by atoms with Gasteiger partial charge in [0.2, 0.25) is 0 Å². The molecule has 0 rings (SSSR count). The Morgan fingerprint density at radius 1 is 0.875 bits per heavy atom. The second-order valence-electron chi connectivity index (χ2n) is 7.69. The summed E-state index contributed by atoms with van der Waals surface area (Å²) in [6.07, 6.45) is 12.7. The van der Waals surface area contributed by atoms with E-state index >= 15 is 0 Å². The van der Waals surface area contributed by atoms with Crippen molar-refractivity contribution < 1.29 is 15.4 Å². The van der Waals surface area contributed by atoms with Gasteiger partial charge in [-0.05, 0) is 37.5 Å². The third-order valence-corrected chi connectivity index (χ3v) is 4.51. The fourth-order valence-electron chi connectivity index (χ4n) is 2.99. The predicted octanol–water partition coefficient (Wildman–Crippen LogP) is 4.98. The Hall–Kier alpha value is 0.170. The number of hydrogen-bond donors (Lipinski definition) is 1. The molecule has 0 radical (unpaired) electrons. The molecular formula is C20H41NaO3. The summed E-state index contributed by atoms with van der Waals surface area (Å²) in [6, 6.07) is 0. The van der Waals surface area contributed by atoms with Gasteiger partial charge in [0, 0.05) is 6.08 Å². The first-order valence-electron chi connectivity index (χ1n) is 9.21. The zero-order valence-electron chi connectivity index (χ0n) is 16.0. The number of aliphatic carboxylic acids is 1. The van der Waals surface area contributed by atoms with Crippen LogP contribution in [0.25, 0.3) is 0 Å². The van der Waals surface area contributed by atoms with E-state index in [4.69, 9.17) is 5.11 Å². The molecule has 0 aromatic heterocycles. The summed E-state index contributed by atoms with van der Waals surface area (Å²) in [4.78, 5) is 10.5. The first kappa shape index (κ1) is 29.0. The molecular weight excluding hydrogens is 311 g/mol. The van der Waals surface area contributed by atoms with Crippen molar-refractivity contribution in [2.24, 2.45) is 17.8 Å². The molecule has 0 aliphatic heterocycles. The second-order valence-corrected chi connectivity index (χ2v) is 7.69. The van der Waals surface area contributed by atoms with Gasteiger partial charge in [-0.25, -0.2) is 4.79 Å². The molecule has 0 saturated carbocycles. The Kier molecular flexibility index (Phi) is 21.7. The summed E-state index contributed by atoms with van der Waals surface area (Å²) >= 11 is 0. The van der Waals surface area contributed by atoms with Crippen LogP contribution in [0.15, 0.2) is 11.6 Å². The Bertz CT molecular complexity index is 327. The molecule has 0 bridgehead atoms. The van der Waals surface area contributed by atoms with Crippen molar-refractivity contribution in [3.63, 3.8) is 0 Å². The van der Waals surface area contributed by atoms with E-state index in [9.17, 15) is 4.79 Å². The van der Waals surface area contributed by atoms with Crippen molar-refractivity contribution >= 4 is 35.5 Å². The number of carbonyl (C=O) groups is 1. The fraction of sp³-hybridized carbons (Fsp3) is 0.850. The molecule has 140 valence electrons. The normalized spacial score (nSPS) is 13.8. The first-order valence-corrected chi connectivity index (χ1v) is 9.21. The van der Waals surface area contributed by atoms with E-state index < -0.39 is 5.97 Å². The summed E-state index contributed by atoms with van der Waals surface area (Å²) in [5.41, 5.74) is 0.985. The van der Waals surface area contributed by atoms with Crippen molar-refractivity contribution in [2.45, 2.75) is 92.4 Å². The van der Waals surface area contributed by atoms with Crippen LogP contribution in [-0.2, 0) is 4.79 Å². The number of carboxylic acid groups (broad SMARTS) is 1. The number of hydrogen-bond acceptors (Lipinski definition) is 1. The van der Waals surface area contributed by atoms with Crippen molar-refractivity contribution in [3.05, 3.63) is 11.6 Å². The maximum absolute atomic E-state index is 10.5. The van der Waals surface area contributed by atoms with Crippen LogP contribution in [0.5, 0.6) is 0 Å². The molecule has 3 N–H and O–H groups in total. The molecule has 0 heterocycles. The van der Waals surface area contributed by atoms with Gasteiger partial charge in [-0.2, -0.15) is 0 Å². The van der Waals surface area contributed by atoms with Gasteiger partial charge in [-0.15, -0.1) is 0 Å². The van der Waals surface area contributed by atoms with Gasteiger partial charge in [0.15, 0.2) is 0 Å². The molecule has 0 unspecified atom stereocenters. The minimum atomic E-state index is -0.822. The summed E-state index contributed by atoms with van der Waals surface area (Å²) < 4.78 is 0. The van der Waals surface area contributed by atoms with Crippen LogP contribution >= 0.6 is 0 Å². The topological polar surface area (TPSA) is 68.8 Å². The van der Waals surface area contributed by atoms with Crippen molar-refractivity contribution in [1.82, 2.24) is 0 Å². The molecule has 4 heteroatoms. The number of carboxylic acids is 1. The SMILES string of the molecule is C/C(=C\C(=O)O)CCC[C@H](C)CCC[C@H](C)CCCC(C)C.O.[NaH]. The molecule has 0 amide bonds. The third kappa shape index (κ3) is 20.2. The molecule has 0 saturated heterocycles. The minimum absolute atomic E-state index is 0. The maximum atomic E-state index is 10.5. The Labute approximate surface area is 172 Å². The molecule has 0 fully saturated rings. The quantitative estimate of drug-likeness (QED) is 0.375. The summed E-state index contributed by atoms with van der Waals surface area (Å²) in [7, 11) is 0. The van der Waals surface area contributed by atoms with Crippen LogP contribution in [0.4, 0.5) is 0 Å². The first-order chi connectivity index (χ1) is 10.3. The van der Waals surface area contributed by atoms with E-state index in [0.717, 1.165) is 36.2 Å². The van der Waals surface area contributed by atoms with Crippen LogP contribution in [0.1, 0.15) is 92.4 Å². The van der Waals surface area contributed by atoms with E-state index in [1.165, 1.54) is 51.0 Å². The standard InChI is InChI=1S/C20H38O2.Na.H2O.H/c1-16(2)9-6-10-17(3)11-7-12-18(4)13-8-14-19(5)15-20(21)22;;;/h15-18H,6-14H2,1-5H3,(H,21,22);;1H2;/b19-15+;;;/t17-,18-;;;/m1.../s1. The molecule has 2 atom stereocenters. The third-order valence-electron chi connectivity index (χ3n) is 4.51. The van der Waals surface area contributed by atoms with Gasteiger partial charge >= 0.3 is 35.5 Å². The van der Waals surface area contributed by atoms with Crippen molar-refractivity contribution in [1.29, 1.82) is 0 Å². The van der Waals surface area contributed by atoms with Gasteiger partial charge < -0.3 is 10.6 Å². The summed E-state index contributed by atoms with van der Waals surface area (Å²) in [5, 5.41) is 8.68. The monoisotopic (exact) mass is 352 g/mol. The number of allylic oxidation sites excluding steroid dienone is 1. The second kappa shape index (κ2) is 18.0. The van der Waals surface area contributed by atoms with E-state index in [1.807, 2.05) is 6.92 Å². The van der Waals surface area contributed by atoms with E-state index in [0.29, 0.717) is 0 Å². The molecule has 0 aromatic rings. The Morgan fingerprint density at radius 3 is 1.71 bits per heavy atom. The molecule has 3 nitrogen and oxygen atoms in total. The van der Waals surface area contributed by atoms with E-state index in [1.54, 1.807) is 0 Å². The van der Waals surface area contributed by atoms with Crippen molar-refractivity contribution in [2.75, 3.05) is 0 Å². The zero-order chi connectivity index (χ0) is 17.0. The molecule has 0 aliphatic carbocycles.